The van der Waals surface area contributed by atoms with Gasteiger partial charge >= 0.3 is 0 Å². The number of hydrogen-bond acceptors (Lipinski definition) is 2. The van der Waals surface area contributed by atoms with E-state index in [1.165, 1.54) is 12.8 Å². The minimum absolute atomic E-state index is 0.242. The van der Waals surface area contributed by atoms with Crippen LogP contribution in [0, 0.1) is 5.92 Å². The number of hydrogen-bond donors (Lipinski definition) is 0. The van der Waals surface area contributed by atoms with Gasteiger partial charge in [-0.15, -0.1) is 0 Å². The third-order valence-corrected chi connectivity index (χ3v) is 6.34. The van der Waals surface area contributed by atoms with Crippen molar-refractivity contribution in [2.75, 3.05) is 12.3 Å². The zero-order chi connectivity index (χ0) is 13.6. The van der Waals surface area contributed by atoms with Crippen molar-refractivity contribution < 1.29 is 8.42 Å². The van der Waals surface area contributed by atoms with E-state index in [0.29, 0.717) is 11.7 Å². The molecule has 3 nitrogen and oxygen atoms in total. The summed E-state index contributed by atoms with van der Waals surface area (Å²) in [5.41, 5.74) is 0. The van der Waals surface area contributed by atoms with E-state index in [0.717, 1.165) is 38.6 Å². The molecule has 18 heavy (non-hydrogen) atoms. The summed E-state index contributed by atoms with van der Waals surface area (Å²) >= 11 is 0. The summed E-state index contributed by atoms with van der Waals surface area (Å²) < 4.78 is 26.9. The van der Waals surface area contributed by atoms with Gasteiger partial charge in [-0.25, -0.2) is 8.42 Å². The topological polar surface area (TPSA) is 37.4 Å². The van der Waals surface area contributed by atoms with Crippen molar-refractivity contribution in [2.45, 2.75) is 71.8 Å². The van der Waals surface area contributed by atoms with Crippen LogP contribution in [0.3, 0.4) is 0 Å². The second-order valence-corrected chi connectivity index (χ2v) is 7.45. The fourth-order valence-corrected chi connectivity index (χ4v) is 5.22. The third kappa shape index (κ3) is 4.23. The van der Waals surface area contributed by atoms with E-state index in [9.17, 15) is 8.42 Å². The molecule has 1 saturated heterocycles. The van der Waals surface area contributed by atoms with Gasteiger partial charge in [0, 0.05) is 12.6 Å². The highest BCUT2D eigenvalue weighted by Gasteiger charge is 2.31. The van der Waals surface area contributed by atoms with E-state index >= 15 is 0 Å². The Hall–Kier alpha value is -0.0900. The summed E-state index contributed by atoms with van der Waals surface area (Å²) in [5, 5.41) is 0. The van der Waals surface area contributed by atoms with Crippen LogP contribution in [0.4, 0.5) is 0 Å². The van der Waals surface area contributed by atoms with Gasteiger partial charge in [-0.1, -0.05) is 46.5 Å². The summed E-state index contributed by atoms with van der Waals surface area (Å²) in [5.74, 6) is 0.659. The van der Waals surface area contributed by atoms with Crippen LogP contribution in [-0.4, -0.2) is 31.1 Å². The molecule has 1 aliphatic rings. The van der Waals surface area contributed by atoms with Crippen LogP contribution in [0.15, 0.2) is 0 Å². The van der Waals surface area contributed by atoms with Crippen LogP contribution >= 0.6 is 0 Å². The Bertz CT molecular complexity index is 323. The van der Waals surface area contributed by atoms with Crippen molar-refractivity contribution in [1.82, 2.24) is 4.31 Å². The Morgan fingerprint density at radius 3 is 2.33 bits per heavy atom. The van der Waals surface area contributed by atoms with Crippen LogP contribution in [-0.2, 0) is 10.0 Å². The van der Waals surface area contributed by atoms with Crippen molar-refractivity contribution in [1.29, 1.82) is 0 Å². The van der Waals surface area contributed by atoms with Crippen molar-refractivity contribution in [3.8, 4) is 0 Å². The number of nitrogens with zero attached hydrogens (tertiary/aromatic N) is 1. The lowest BCUT2D eigenvalue weighted by atomic mass is 10.1. The van der Waals surface area contributed by atoms with Crippen molar-refractivity contribution >= 4 is 10.0 Å². The normalized spacial score (nSPS) is 23.2. The monoisotopic (exact) mass is 275 g/mol. The summed E-state index contributed by atoms with van der Waals surface area (Å²) in [4.78, 5) is 0. The van der Waals surface area contributed by atoms with E-state index < -0.39 is 10.0 Å². The maximum Gasteiger partial charge on any atom is 0.214 e. The SMILES string of the molecule is CCC(CC)CS(=O)(=O)N1CCCCCC1CC. The lowest BCUT2D eigenvalue weighted by Gasteiger charge is -2.29. The van der Waals surface area contributed by atoms with Gasteiger partial charge in [0.1, 0.15) is 0 Å². The fourth-order valence-electron chi connectivity index (χ4n) is 2.84. The molecule has 1 unspecified atom stereocenters. The molecule has 0 radical (unpaired) electrons. The first kappa shape index (κ1) is 16.0. The number of sulfonamides is 1. The molecule has 108 valence electrons. The van der Waals surface area contributed by atoms with E-state index in [1.54, 1.807) is 0 Å². The standard InChI is InChI=1S/C14H29NO2S/c1-4-13(5-2)12-18(16,17)15-11-9-7-8-10-14(15)6-3/h13-14H,4-12H2,1-3H3. The smallest absolute Gasteiger partial charge is 0.212 e. The van der Waals surface area contributed by atoms with Crippen LogP contribution in [0.2, 0.25) is 0 Å². The van der Waals surface area contributed by atoms with Crippen LogP contribution in [0.5, 0.6) is 0 Å². The molecule has 0 saturated carbocycles. The predicted molar refractivity (Wildman–Crippen MR) is 77.1 cm³/mol. The van der Waals surface area contributed by atoms with Gasteiger partial charge in [0.25, 0.3) is 0 Å². The predicted octanol–water partition coefficient (Wildman–Crippen LogP) is 3.41. The minimum atomic E-state index is -3.06. The molecule has 0 aromatic rings. The van der Waals surface area contributed by atoms with Gasteiger partial charge in [0.15, 0.2) is 0 Å². The van der Waals surface area contributed by atoms with Crippen LogP contribution in [0.1, 0.15) is 65.7 Å². The first-order valence-corrected chi connectivity index (χ1v) is 9.15. The van der Waals surface area contributed by atoms with E-state index in [1.807, 2.05) is 4.31 Å². The highest BCUT2D eigenvalue weighted by molar-refractivity contribution is 7.89. The zero-order valence-corrected chi connectivity index (χ0v) is 13.0. The van der Waals surface area contributed by atoms with E-state index in [2.05, 4.69) is 20.8 Å². The van der Waals surface area contributed by atoms with Gasteiger partial charge in [-0.3, -0.25) is 0 Å². The van der Waals surface area contributed by atoms with E-state index in [4.69, 9.17) is 0 Å². The molecule has 0 amide bonds. The van der Waals surface area contributed by atoms with Crippen LogP contribution in [0.25, 0.3) is 0 Å². The summed E-state index contributed by atoms with van der Waals surface area (Å²) in [7, 11) is -3.06. The molecule has 1 rings (SSSR count). The summed E-state index contributed by atoms with van der Waals surface area (Å²) in [6, 6.07) is 0.242. The van der Waals surface area contributed by atoms with E-state index in [-0.39, 0.29) is 6.04 Å². The lowest BCUT2D eigenvalue weighted by molar-refractivity contribution is 0.311. The summed E-state index contributed by atoms with van der Waals surface area (Å²) in [6.45, 7) is 7.02. The van der Waals surface area contributed by atoms with Crippen molar-refractivity contribution in [3.63, 3.8) is 0 Å². The second kappa shape index (κ2) is 7.49. The first-order valence-electron chi connectivity index (χ1n) is 7.54. The third-order valence-electron chi connectivity index (χ3n) is 4.25. The average Bonchev–Trinajstić information content (AvgIpc) is 2.61. The molecular weight excluding hydrogens is 246 g/mol. The molecule has 0 aromatic heterocycles. The van der Waals surface area contributed by atoms with Gasteiger partial charge in [-0.2, -0.15) is 4.31 Å². The molecule has 0 spiro atoms. The Morgan fingerprint density at radius 2 is 1.78 bits per heavy atom. The molecule has 0 aliphatic carbocycles. The molecule has 0 aromatic carbocycles. The Kier molecular flexibility index (Phi) is 6.64. The minimum Gasteiger partial charge on any atom is -0.212 e. The van der Waals surface area contributed by atoms with Crippen LogP contribution < -0.4 is 0 Å². The average molecular weight is 275 g/mol. The Balaban J connectivity index is 2.79. The summed E-state index contributed by atoms with van der Waals surface area (Å²) in [6.07, 6.45) is 7.28. The maximum atomic E-state index is 12.6. The first-order chi connectivity index (χ1) is 8.55. The Labute approximate surface area is 113 Å². The Morgan fingerprint density at radius 1 is 1.11 bits per heavy atom. The maximum absolute atomic E-state index is 12.6. The molecule has 1 heterocycles. The highest BCUT2D eigenvalue weighted by atomic mass is 32.2. The van der Waals surface area contributed by atoms with Gasteiger partial charge in [-0.05, 0) is 25.2 Å². The molecular formula is C14H29NO2S. The lowest BCUT2D eigenvalue weighted by Crippen LogP contribution is -2.42. The molecule has 1 fully saturated rings. The quantitative estimate of drug-likeness (QED) is 0.745. The van der Waals surface area contributed by atoms with Crippen molar-refractivity contribution in [2.24, 2.45) is 5.92 Å². The largest absolute Gasteiger partial charge is 0.214 e. The molecule has 4 heteroatoms. The number of rotatable bonds is 6. The van der Waals surface area contributed by atoms with Crippen molar-refractivity contribution in [3.05, 3.63) is 0 Å². The fraction of sp³-hybridized carbons (Fsp3) is 1.00. The van der Waals surface area contributed by atoms with Gasteiger partial charge < -0.3 is 0 Å². The molecule has 0 bridgehead atoms. The molecule has 0 N–H and O–H groups in total. The van der Waals surface area contributed by atoms with Gasteiger partial charge in [0.05, 0.1) is 5.75 Å². The molecule has 1 aliphatic heterocycles. The highest BCUT2D eigenvalue weighted by Crippen LogP contribution is 2.24. The molecule has 1 atom stereocenters. The second-order valence-electron chi connectivity index (χ2n) is 5.48. The van der Waals surface area contributed by atoms with Gasteiger partial charge in [0.2, 0.25) is 10.0 Å². The zero-order valence-electron chi connectivity index (χ0n) is 12.2.